The highest BCUT2D eigenvalue weighted by Gasteiger charge is 2.07. The lowest BCUT2D eigenvalue weighted by atomic mass is 10.1. The molecule has 6 nitrogen and oxygen atoms in total. The van der Waals surface area contributed by atoms with E-state index < -0.39 is 5.97 Å². The van der Waals surface area contributed by atoms with E-state index in [4.69, 9.17) is 21.8 Å². The summed E-state index contributed by atoms with van der Waals surface area (Å²) in [6.07, 6.45) is 1.40. The summed E-state index contributed by atoms with van der Waals surface area (Å²) in [6, 6.07) is 7.80. The zero-order valence-corrected chi connectivity index (χ0v) is 12.1. The van der Waals surface area contributed by atoms with Gasteiger partial charge in [0, 0.05) is 11.1 Å². The van der Waals surface area contributed by atoms with E-state index in [1.54, 1.807) is 18.2 Å². The molecule has 0 fully saturated rings. The Morgan fingerprint density at radius 2 is 2.19 bits per heavy atom. The number of carbonyl (C=O) groups is 1. The van der Waals surface area contributed by atoms with Crippen LogP contribution >= 0.6 is 23.8 Å². The predicted octanol–water partition coefficient (Wildman–Crippen LogP) is 1.13. The Morgan fingerprint density at radius 1 is 1.43 bits per heavy atom. The molecule has 2 aromatic rings. The maximum Gasteiger partial charge on any atom is 0.184 e. The molecule has 1 aromatic carbocycles. The molecule has 0 spiro atoms. The van der Waals surface area contributed by atoms with Crippen molar-refractivity contribution >= 4 is 41.1 Å². The van der Waals surface area contributed by atoms with Crippen molar-refractivity contribution in [3.8, 4) is 11.3 Å². The number of carboxylic acid groups (broad SMARTS) is 1. The number of thiocarbonyl (C=S) groups is 1. The van der Waals surface area contributed by atoms with Crippen molar-refractivity contribution in [1.82, 2.24) is 5.43 Å². The first-order valence-corrected chi connectivity index (χ1v) is 6.45. The largest absolute Gasteiger partial charge is 0.545 e. The molecule has 0 atom stereocenters. The maximum atomic E-state index is 10.8. The second kappa shape index (κ2) is 6.38. The molecular weight excluding hydrogens is 314 g/mol. The summed E-state index contributed by atoms with van der Waals surface area (Å²) in [5.74, 6) is -0.352. The van der Waals surface area contributed by atoms with Gasteiger partial charge in [0.15, 0.2) is 5.11 Å². The van der Waals surface area contributed by atoms with Gasteiger partial charge in [-0.25, -0.2) is 0 Å². The van der Waals surface area contributed by atoms with Crippen LogP contribution < -0.4 is 16.3 Å². The highest BCUT2D eigenvalue weighted by Crippen LogP contribution is 2.26. The van der Waals surface area contributed by atoms with Gasteiger partial charge in [-0.2, -0.15) is 5.10 Å². The zero-order chi connectivity index (χ0) is 15.4. The number of hydrazone groups is 1. The molecule has 0 bridgehead atoms. The molecule has 108 valence electrons. The van der Waals surface area contributed by atoms with Crippen LogP contribution in [0, 0.1) is 0 Å². The number of nitrogens with two attached hydrogens (primary N) is 1. The van der Waals surface area contributed by atoms with Gasteiger partial charge in [0.2, 0.25) is 0 Å². The first-order valence-electron chi connectivity index (χ1n) is 5.67. The van der Waals surface area contributed by atoms with Crippen LogP contribution in [0.1, 0.15) is 16.1 Å². The Bertz CT molecular complexity index is 727. The quantitative estimate of drug-likeness (QED) is 0.497. The molecule has 21 heavy (non-hydrogen) atoms. The fourth-order valence-electron chi connectivity index (χ4n) is 1.57. The Morgan fingerprint density at radius 3 is 2.81 bits per heavy atom. The number of hydrogen-bond donors (Lipinski definition) is 2. The molecule has 8 heteroatoms. The van der Waals surface area contributed by atoms with Crippen molar-refractivity contribution in [2.75, 3.05) is 0 Å². The third-order valence-corrected chi connectivity index (χ3v) is 2.87. The van der Waals surface area contributed by atoms with Gasteiger partial charge < -0.3 is 20.1 Å². The minimum Gasteiger partial charge on any atom is -0.545 e. The van der Waals surface area contributed by atoms with Gasteiger partial charge in [-0.1, -0.05) is 23.7 Å². The topological polar surface area (TPSA) is 104 Å². The van der Waals surface area contributed by atoms with Crippen LogP contribution in [0.25, 0.3) is 11.3 Å². The number of nitrogens with zero attached hydrogens (tertiary/aromatic N) is 1. The van der Waals surface area contributed by atoms with Crippen LogP contribution in [-0.2, 0) is 0 Å². The van der Waals surface area contributed by atoms with E-state index in [1.165, 1.54) is 18.3 Å². The summed E-state index contributed by atoms with van der Waals surface area (Å²) in [7, 11) is 0. The average molecular weight is 323 g/mol. The Balaban J connectivity index is 2.21. The molecule has 0 saturated heterocycles. The molecule has 0 saturated carbocycles. The van der Waals surface area contributed by atoms with Crippen LogP contribution in [0.3, 0.4) is 0 Å². The van der Waals surface area contributed by atoms with E-state index in [-0.39, 0.29) is 15.7 Å². The Hall–Kier alpha value is -2.38. The third kappa shape index (κ3) is 3.80. The summed E-state index contributed by atoms with van der Waals surface area (Å²) in [6.45, 7) is 0. The van der Waals surface area contributed by atoms with Crippen LogP contribution in [0.2, 0.25) is 5.02 Å². The minimum absolute atomic E-state index is 0.0441. The van der Waals surface area contributed by atoms with Gasteiger partial charge in [0.1, 0.15) is 11.5 Å². The van der Waals surface area contributed by atoms with Gasteiger partial charge in [-0.3, -0.25) is 5.43 Å². The van der Waals surface area contributed by atoms with E-state index in [1.807, 2.05) is 0 Å². The Kier molecular flexibility index (Phi) is 4.56. The normalized spacial score (nSPS) is 10.7. The van der Waals surface area contributed by atoms with Crippen molar-refractivity contribution in [1.29, 1.82) is 0 Å². The van der Waals surface area contributed by atoms with E-state index in [9.17, 15) is 9.90 Å². The standard InChI is InChI=1S/C13H10ClN3O3S/c14-10-5-7(1-3-9(10)12(18)19)11-4-2-8(20-11)6-16-17-13(15)21/h1-6H,(H,18,19)(H3,15,17,21)/p-1/b16-6+. The summed E-state index contributed by atoms with van der Waals surface area (Å²) >= 11 is 10.5. The SMILES string of the molecule is NC(=S)N/N=C/c1ccc(-c2ccc(C(=O)[O-])c(Cl)c2)o1. The zero-order valence-electron chi connectivity index (χ0n) is 10.5. The molecule has 1 heterocycles. The molecule has 2 rings (SSSR count). The lowest BCUT2D eigenvalue weighted by Crippen LogP contribution is -2.23. The van der Waals surface area contributed by atoms with Crippen molar-refractivity contribution in [2.45, 2.75) is 0 Å². The van der Waals surface area contributed by atoms with Crippen molar-refractivity contribution in [2.24, 2.45) is 10.8 Å². The number of furan rings is 1. The van der Waals surface area contributed by atoms with E-state index in [0.29, 0.717) is 17.1 Å². The Labute approximate surface area is 130 Å². The molecule has 0 aliphatic heterocycles. The number of nitrogens with one attached hydrogen (secondary N) is 1. The molecule has 0 amide bonds. The number of carbonyl (C=O) groups excluding carboxylic acids is 1. The highest BCUT2D eigenvalue weighted by molar-refractivity contribution is 7.80. The summed E-state index contributed by atoms with van der Waals surface area (Å²) in [4.78, 5) is 10.8. The van der Waals surface area contributed by atoms with E-state index >= 15 is 0 Å². The molecule has 0 radical (unpaired) electrons. The molecule has 1 aromatic heterocycles. The third-order valence-electron chi connectivity index (χ3n) is 2.47. The lowest BCUT2D eigenvalue weighted by molar-refractivity contribution is -0.255. The molecule has 0 unspecified atom stereocenters. The first kappa shape index (κ1) is 15.0. The van der Waals surface area contributed by atoms with Crippen molar-refractivity contribution < 1.29 is 14.3 Å². The van der Waals surface area contributed by atoms with Crippen molar-refractivity contribution in [3.05, 3.63) is 46.7 Å². The number of benzene rings is 1. The average Bonchev–Trinajstić information content (AvgIpc) is 2.86. The second-order valence-corrected chi connectivity index (χ2v) is 4.77. The van der Waals surface area contributed by atoms with Gasteiger partial charge in [0.25, 0.3) is 0 Å². The molecule has 3 N–H and O–H groups in total. The summed E-state index contributed by atoms with van der Waals surface area (Å²) < 4.78 is 5.51. The number of carboxylic acids is 1. The first-order chi connectivity index (χ1) is 9.97. The molecular formula is C13H9ClN3O3S-. The maximum absolute atomic E-state index is 10.8. The monoisotopic (exact) mass is 322 g/mol. The van der Waals surface area contributed by atoms with Crippen LogP contribution in [0.4, 0.5) is 0 Å². The van der Waals surface area contributed by atoms with Gasteiger partial charge in [0.05, 0.1) is 17.2 Å². The van der Waals surface area contributed by atoms with Gasteiger partial charge in [-0.05, 0) is 30.4 Å². The number of rotatable bonds is 4. The van der Waals surface area contributed by atoms with E-state index in [0.717, 1.165) is 0 Å². The fraction of sp³-hybridized carbons (Fsp3) is 0. The lowest BCUT2D eigenvalue weighted by Gasteiger charge is -2.06. The van der Waals surface area contributed by atoms with E-state index in [2.05, 4.69) is 22.7 Å². The predicted molar refractivity (Wildman–Crippen MR) is 81.0 cm³/mol. The van der Waals surface area contributed by atoms with Crippen LogP contribution in [0.15, 0.2) is 39.9 Å². The minimum atomic E-state index is -1.33. The number of halogens is 1. The number of aromatic carboxylic acids is 1. The summed E-state index contributed by atoms with van der Waals surface area (Å²) in [5.41, 5.74) is 8.17. The van der Waals surface area contributed by atoms with Gasteiger partial charge in [-0.15, -0.1) is 0 Å². The van der Waals surface area contributed by atoms with Crippen LogP contribution in [-0.4, -0.2) is 17.3 Å². The van der Waals surface area contributed by atoms with Crippen LogP contribution in [0.5, 0.6) is 0 Å². The summed E-state index contributed by atoms with van der Waals surface area (Å²) in [5, 5.41) is 14.7. The van der Waals surface area contributed by atoms with Crippen molar-refractivity contribution in [3.63, 3.8) is 0 Å². The van der Waals surface area contributed by atoms with Gasteiger partial charge >= 0.3 is 0 Å². The highest BCUT2D eigenvalue weighted by atomic mass is 35.5. The molecule has 0 aliphatic carbocycles. The number of hydrogen-bond acceptors (Lipinski definition) is 5. The molecule has 0 aliphatic rings. The second-order valence-electron chi connectivity index (χ2n) is 3.92. The smallest absolute Gasteiger partial charge is 0.184 e. The fourth-order valence-corrected chi connectivity index (χ4v) is 1.88.